The molecule has 2 aromatic heterocycles. The molecule has 0 radical (unpaired) electrons. The number of benzene rings is 8. The molecule has 6 aliphatic rings. The Morgan fingerprint density at radius 3 is 1.91 bits per heavy atom. The van der Waals surface area contributed by atoms with Crippen molar-refractivity contribution in [3.63, 3.8) is 0 Å². The van der Waals surface area contributed by atoms with Gasteiger partial charge < -0.3 is 23.9 Å². The molecule has 6 heterocycles. The molecule has 10 aromatic rings. The first-order valence-electron chi connectivity index (χ1n) is 39.0. The summed E-state index contributed by atoms with van der Waals surface area (Å²) < 4.78 is 247. The second-order valence-corrected chi connectivity index (χ2v) is 27.1. The average Bonchev–Trinajstić information content (AvgIpc) is 1.15. The van der Waals surface area contributed by atoms with Gasteiger partial charge in [0.15, 0.2) is 0 Å². The van der Waals surface area contributed by atoms with E-state index >= 15 is 0 Å². The highest BCUT2D eigenvalue weighted by molar-refractivity contribution is 7.26. The molecule has 16 rings (SSSR count). The number of furan rings is 1. The minimum atomic E-state index is -1.74. The van der Waals surface area contributed by atoms with Crippen molar-refractivity contribution < 1.29 is 40.7 Å². The minimum absolute atomic E-state index is 0.00114. The van der Waals surface area contributed by atoms with Crippen LogP contribution in [-0.2, 0) is 27.1 Å². The van der Waals surface area contributed by atoms with E-state index < -0.39 is 199 Å². The Hall–Kier alpha value is -6.96. The number of hydrogen-bond acceptors (Lipinski definition) is 6. The summed E-state index contributed by atoms with van der Waals surface area (Å²) in [4.78, 5) is 3.93. The zero-order chi connectivity index (χ0) is 74.1. The largest absolute Gasteiger partial charge is 0.492 e. The summed E-state index contributed by atoms with van der Waals surface area (Å²) in [6, 6.07) is -12.4. The van der Waals surface area contributed by atoms with Crippen molar-refractivity contribution in [1.82, 2.24) is 0 Å². The highest BCUT2D eigenvalue weighted by Crippen LogP contribution is 2.62. The van der Waals surface area contributed by atoms with Gasteiger partial charge in [-0.1, -0.05) is 143 Å². The summed E-state index contributed by atoms with van der Waals surface area (Å²) in [7, 11) is 0. The molecule has 2 aliphatic carbocycles. The third kappa shape index (κ3) is 6.46. The Morgan fingerprint density at radius 2 is 1.14 bits per heavy atom. The van der Waals surface area contributed by atoms with Crippen LogP contribution < -0.4 is 35.8 Å². The second kappa shape index (κ2) is 15.7. The number of ether oxygens (including phenoxy) is 1. The van der Waals surface area contributed by atoms with Crippen LogP contribution in [0.4, 0.5) is 45.5 Å². The van der Waals surface area contributed by atoms with Crippen molar-refractivity contribution in [3.05, 3.63) is 167 Å². The molecule has 7 heteroatoms. The molecule has 8 aromatic carbocycles. The normalized spacial score (nSPS) is 26.0. The highest BCUT2D eigenvalue weighted by atomic mass is 32.1. The van der Waals surface area contributed by atoms with Crippen LogP contribution in [0.2, 0.25) is 0 Å². The van der Waals surface area contributed by atoms with Crippen molar-refractivity contribution in [2.24, 2.45) is 0 Å². The lowest BCUT2D eigenvalue weighted by molar-refractivity contribution is 0.195. The molecule has 0 bridgehead atoms. The van der Waals surface area contributed by atoms with E-state index in [4.69, 9.17) is 13.3 Å². The molecule has 0 saturated heterocycles. The molecule has 394 valence electrons. The van der Waals surface area contributed by atoms with Gasteiger partial charge in [-0.3, -0.25) is 0 Å². The number of rotatable bonds is 3. The fraction of sp³-hybridized carbons (Fsp3) is 0.333. The van der Waals surface area contributed by atoms with Gasteiger partial charge in [0.25, 0.3) is 6.71 Å². The molecule has 0 N–H and O–H groups in total. The van der Waals surface area contributed by atoms with Crippen molar-refractivity contribution >= 4 is 122 Å². The summed E-state index contributed by atoms with van der Waals surface area (Å²) in [6.45, 7) is 18.7. The summed E-state index contributed by atoms with van der Waals surface area (Å²) in [6.07, 6.45) is 3.00. The monoisotopic (exact) mass is 1070 g/mol. The van der Waals surface area contributed by atoms with Gasteiger partial charge in [-0.2, -0.15) is 0 Å². The fourth-order valence-corrected chi connectivity index (χ4v) is 14.9. The van der Waals surface area contributed by atoms with Gasteiger partial charge in [0, 0.05) is 93.5 Å². The molecule has 2 unspecified atom stereocenters. The van der Waals surface area contributed by atoms with Gasteiger partial charge in [-0.25, -0.2) is 0 Å². The number of thiophene rings is 1. The molecule has 2 atom stereocenters. The van der Waals surface area contributed by atoms with Crippen LogP contribution >= 0.6 is 11.3 Å². The van der Waals surface area contributed by atoms with Crippen molar-refractivity contribution in [3.8, 4) is 5.75 Å². The summed E-state index contributed by atoms with van der Waals surface area (Å²) in [5.41, 5.74) is -9.10. The van der Waals surface area contributed by atoms with E-state index in [1.165, 1.54) is 9.80 Å². The van der Waals surface area contributed by atoms with Gasteiger partial charge in [0.2, 0.25) is 0 Å². The van der Waals surface area contributed by atoms with Crippen LogP contribution in [0.15, 0.2) is 143 Å². The Kier molecular flexibility index (Phi) is 5.96. The molecule has 1 fully saturated rings. The predicted molar refractivity (Wildman–Crippen MR) is 336 cm³/mol. The minimum Gasteiger partial charge on any atom is -0.492 e. The van der Waals surface area contributed by atoms with Crippen LogP contribution in [0.1, 0.15) is 174 Å². The number of hydrogen-bond donors (Lipinski definition) is 0. The molecule has 79 heavy (non-hydrogen) atoms. The van der Waals surface area contributed by atoms with E-state index in [0.29, 0.717) is 43.2 Å². The summed E-state index contributed by atoms with van der Waals surface area (Å²) >= 11 is 0.973. The van der Waals surface area contributed by atoms with Gasteiger partial charge >= 0.3 is 0 Å². The quantitative estimate of drug-likeness (QED) is 0.165. The lowest BCUT2D eigenvalue weighted by atomic mass is 9.33. The number of nitrogens with zero attached hydrogens (tertiary/aromatic N) is 3. The van der Waals surface area contributed by atoms with Crippen LogP contribution in [0.25, 0.3) is 42.1 Å². The third-order valence-electron chi connectivity index (χ3n) is 18.7. The Morgan fingerprint density at radius 1 is 0.506 bits per heavy atom. The standard InChI is InChI=1S/C72H70BN3O2S/c1-67(2,3)42-22-24-43(25-23-42)74-57-39-63-53(70(8,9)41-77-63)37-55(57)73-54-36-49-48-35-51-52(69(6,7)31-30-68(51,4)5)38-64(48)79-65(49)40-58(54)75(44-26-27-62-47(32-44)46-18-12-15-21-61(46)78-62)60-34-45(33-59(74)66(60)73)76-56-20-14-13-19-50(56)71(10)28-16-17-29-72(71,76)11/h12-15,18-27,32-40H,16-17,28-31,41H2,1-11H3/i12D,13D,14D,15D,18D,19D,20D,21D,22D,23D,24D,25D,26D,27D,32D,33D,34D,35D,36D,37D,38D,39D,40D. The topological polar surface area (TPSA) is 32.1 Å². The van der Waals surface area contributed by atoms with Gasteiger partial charge in [0.05, 0.1) is 43.7 Å². The lowest BCUT2D eigenvalue weighted by Gasteiger charge is -2.51. The number of anilines is 8. The maximum Gasteiger partial charge on any atom is 0.252 e. The summed E-state index contributed by atoms with van der Waals surface area (Å²) in [5, 5.41) is -0.559. The molecule has 0 amide bonds. The second-order valence-electron chi connectivity index (χ2n) is 26.1. The average molecular weight is 1080 g/mol. The Bertz CT molecular complexity index is 5670. The first-order valence-corrected chi connectivity index (χ1v) is 28.3. The van der Waals surface area contributed by atoms with E-state index in [2.05, 4.69) is 0 Å². The van der Waals surface area contributed by atoms with E-state index in [1.54, 1.807) is 25.7 Å². The van der Waals surface area contributed by atoms with Crippen LogP contribution in [-0.4, -0.2) is 18.9 Å². The zero-order valence-corrected chi connectivity index (χ0v) is 46.9. The van der Waals surface area contributed by atoms with Gasteiger partial charge in [0.1, 0.15) is 16.9 Å². The SMILES string of the molecule is [2H]c1c([2H])c([2H])c2c(c1[2H])N(c1c([2H])c3c4c(c1[2H])N(c1c([2H])c([2H])c5oc6c([2H])c([2H])c([2H])c([2H])c6c5c1[2H])c1c(c([2H])c5c(sc6c([2H])c7c(c([2H])c65)C(C)(C)CCC7(C)C)c1[2H])B4c1c([2H])c4c(c([2H])c1N3c1c([2H])c([2H])c(C(C)(C)C)c([2H])c1[2H])OCC4(C)C)C1(C)CCCCC21C. The maximum absolute atomic E-state index is 11.5. The third-order valence-corrected chi connectivity index (χ3v) is 19.7. The molecular formula is C72H70BN3O2S. The van der Waals surface area contributed by atoms with E-state index in [9.17, 15) is 27.4 Å². The van der Waals surface area contributed by atoms with Crippen LogP contribution in [0.5, 0.6) is 5.75 Å². The van der Waals surface area contributed by atoms with Gasteiger partial charge in [-0.15, -0.1) is 11.3 Å². The maximum atomic E-state index is 11.5. The first-order chi connectivity index (χ1) is 47.4. The van der Waals surface area contributed by atoms with Crippen molar-refractivity contribution in [2.75, 3.05) is 21.3 Å². The number of para-hydroxylation sites is 2. The van der Waals surface area contributed by atoms with Crippen molar-refractivity contribution in [1.29, 1.82) is 0 Å². The number of fused-ring (bicyclic) bond motifs is 15. The van der Waals surface area contributed by atoms with Crippen LogP contribution in [0.3, 0.4) is 0 Å². The molecule has 1 saturated carbocycles. The molecule has 5 nitrogen and oxygen atoms in total. The van der Waals surface area contributed by atoms with Crippen LogP contribution in [0, 0.1) is 0 Å². The van der Waals surface area contributed by atoms with Crippen molar-refractivity contribution in [2.45, 2.75) is 147 Å². The Balaban J connectivity index is 1.21. The predicted octanol–water partition coefficient (Wildman–Crippen LogP) is 18.1. The molecular weight excluding hydrogens is 982 g/mol. The van der Waals surface area contributed by atoms with E-state index in [-0.39, 0.29) is 119 Å². The summed E-state index contributed by atoms with van der Waals surface area (Å²) in [5.74, 6) is -0.0987. The first kappa shape index (κ1) is 30.0. The molecule has 0 spiro atoms. The highest BCUT2D eigenvalue weighted by Gasteiger charge is 2.58. The zero-order valence-electron chi connectivity index (χ0n) is 69.1. The Labute approximate surface area is 502 Å². The van der Waals surface area contributed by atoms with E-state index in [1.807, 2.05) is 55.4 Å². The van der Waals surface area contributed by atoms with E-state index in [0.717, 1.165) is 11.3 Å². The van der Waals surface area contributed by atoms with Gasteiger partial charge in [-0.05, 0) is 165 Å². The fourth-order valence-electron chi connectivity index (χ4n) is 13.9. The molecule has 4 aliphatic heterocycles. The lowest BCUT2D eigenvalue weighted by Crippen LogP contribution is -2.61. The smallest absolute Gasteiger partial charge is 0.252 e.